The highest BCUT2D eigenvalue weighted by atomic mass is 16.5. The number of benzene rings is 1. The van der Waals surface area contributed by atoms with Crippen molar-refractivity contribution in [3.8, 4) is 0 Å². The molecule has 0 atom stereocenters. The molecule has 0 aliphatic heterocycles. The van der Waals surface area contributed by atoms with Gasteiger partial charge in [-0.05, 0) is 24.0 Å². The molecule has 21 heavy (non-hydrogen) atoms. The zero-order valence-electron chi connectivity index (χ0n) is 14.2. The Hall–Kier alpha value is -0.820. The summed E-state index contributed by atoms with van der Waals surface area (Å²) < 4.78 is 5.13. The molecule has 0 saturated heterocycles. The molecule has 0 saturated carbocycles. The van der Waals surface area contributed by atoms with Gasteiger partial charge in [0.05, 0.1) is 6.61 Å². The van der Waals surface area contributed by atoms with E-state index < -0.39 is 0 Å². The van der Waals surface area contributed by atoms with Crippen LogP contribution in [0.1, 0.15) is 82.3 Å². The lowest BCUT2D eigenvalue weighted by atomic mass is 10.0. The Balaban J connectivity index is 1.94. The summed E-state index contributed by atoms with van der Waals surface area (Å²) in [6, 6.07) is 8.88. The maximum Gasteiger partial charge on any atom is 0.0713 e. The third-order valence-corrected chi connectivity index (χ3v) is 4.15. The van der Waals surface area contributed by atoms with E-state index >= 15 is 0 Å². The van der Waals surface area contributed by atoms with Gasteiger partial charge in [-0.25, -0.2) is 0 Å². The quantitative estimate of drug-likeness (QED) is 0.387. The summed E-state index contributed by atoms with van der Waals surface area (Å²) in [5, 5.41) is 0. The Kier molecular flexibility index (Phi) is 11.2. The maximum absolute atomic E-state index is 5.13. The minimum atomic E-state index is 0.721. The first-order chi connectivity index (χ1) is 10.4. The molecule has 0 bridgehead atoms. The van der Waals surface area contributed by atoms with Gasteiger partial charge >= 0.3 is 0 Å². The van der Waals surface area contributed by atoms with Crippen LogP contribution in [0.3, 0.4) is 0 Å². The van der Waals surface area contributed by atoms with E-state index in [1.807, 2.05) is 0 Å². The molecule has 0 radical (unpaired) electrons. The van der Waals surface area contributed by atoms with Crippen molar-refractivity contribution < 1.29 is 4.74 Å². The van der Waals surface area contributed by atoms with Gasteiger partial charge in [0.15, 0.2) is 0 Å². The zero-order chi connectivity index (χ0) is 15.2. The van der Waals surface area contributed by atoms with E-state index in [2.05, 4.69) is 31.2 Å². The molecule has 0 aromatic heterocycles. The molecule has 0 N–H and O–H groups in total. The number of hydrogen-bond donors (Lipinski definition) is 0. The normalized spacial score (nSPS) is 11.0. The van der Waals surface area contributed by atoms with E-state index in [1.165, 1.54) is 81.8 Å². The molecule has 0 unspecified atom stereocenters. The van der Waals surface area contributed by atoms with Crippen molar-refractivity contribution in [3.05, 3.63) is 35.4 Å². The van der Waals surface area contributed by atoms with E-state index in [4.69, 9.17) is 4.74 Å². The van der Waals surface area contributed by atoms with Gasteiger partial charge in [0.2, 0.25) is 0 Å². The topological polar surface area (TPSA) is 9.23 Å². The average molecular weight is 290 g/mol. The van der Waals surface area contributed by atoms with E-state index in [-0.39, 0.29) is 0 Å². The summed E-state index contributed by atoms with van der Waals surface area (Å²) >= 11 is 0. The Morgan fingerprint density at radius 1 is 0.667 bits per heavy atom. The van der Waals surface area contributed by atoms with Crippen molar-refractivity contribution in [2.75, 3.05) is 7.11 Å². The second kappa shape index (κ2) is 12.9. The second-order valence-electron chi connectivity index (χ2n) is 6.18. The van der Waals surface area contributed by atoms with Crippen LogP contribution in [0.5, 0.6) is 0 Å². The summed E-state index contributed by atoms with van der Waals surface area (Å²) in [6.45, 7) is 3.00. The van der Waals surface area contributed by atoms with Crippen molar-refractivity contribution in [1.29, 1.82) is 0 Å². The molecular formula is C20H34O. The predicted molar refractivity (Wildman–Crippen MR) is 92.7 cm³/mol. The SMILES string of the molecule is CCCCCCCCCCCCc1ccc(COC)cc1. The summed E-state index contributed by atoms with van der Waals surface area (Å²) in [5.41, 5.74) is 2.73. The highest BCUT2D eigenvalue weighted by Gasteiger charge is 1.96. The third-order valence-electron chi connectivity index (χ3n) is 4.15. The highest BCUT2D eigenvalue weighted by Crippen LogP contribution is 2.13. The largest absolute Gasteiger partial charge is 0.380 e. The molecule has 1 rings (SSSR count). The van der Waals surface area contributed by atoms with E-state index in [9.17, 15) is 0 Å². The molecule has 1 nitrogen and oxygen atoms in total. The number of rotatable bonds is 13. The molecule has 0 spiro atoms. The molecule has 120 valence electrons. The number of ether oxygens (including phenoxy) is 1. The van der Waals surface area contributed by atoms with Gasteiger partial charge in [-0.15, -0.1) is 0 Å². The molecule has 0 fully saturated rings. The van der Waals surface area contributed by atoms with Crippen molar-refractivity contribution in [2.24, 2.45) is 0 Å². The van der Waals surface area contributed by atoms with Crippen molar-refractivity contribution >= 4 is 0 Å². The average Bonchev–Trinajstić information content (AvgIpc) is 2.51. The summed E-state index contributed by atoms with van der Waals surface area (Å²) in [6.07, 6.45) is 15.3. The first kappa shape index (κ1) is 18.2. The minimum Gasteiger partial charge on any atom is -0.380 e. The molecule has 0 heterocycles. The molecule has 0 aliphatic rings. The summed E-state index contributed by atoms with van der Waals surface area (Å²) in [5.74, 6) is 0. The fraction of sp³-hybridized carbons (Fsp3) is 0.700. The highest BCUT2D eigenvalue weighted by molar-refractivity contribution is 5.22. The van der Waals surface area contributed by atoms with Crippen molar-refractivity contribution in [3.63, 3.8) is 0 Å². The van der Waals surface area contributed by atoms with E-state index in [0.29, 0.717) is 0 Å². The number of unbranched alkanes of at least 4 members (excludes halogenated alkanes) is 9. The Morgan fingerprint density at radius 2 is 1.14 bits per heavy atom. The smallest absolute Gasteiger partial charge is 0.0713 e. The molecule has 1 aromatic carbocycles. The minimum absolute atomic E-state index is 0.721. The van der Waals surface area contributed by atoms with Gasteiger partial charge in [-0.1, -0.05) is 89.0 Å². The fourth-order valence-electron chi connectivity index (χ4n) is 2.79. The molecular weight excluding hydrogens is 256 g/mol. The Bertz CT molecular complexity index is 328. The van der Waals surface area contributed by atoms with Crippen LogP contribution in [0.2, 0.25) is 0 Å². The molecule has 1 heteroatoms. The van der Waals surface area contributed by atoms with E-state index in [1.54, 1.807) is 7.11 Å². The van der Waals surface area contributed by atoms with Crippen LogP contribution in [0.4, 0.5) is 0 Å². The monoisotopic (exact) mass is 290 g/mol. The zero-order valence-corrected chi connectivity index (χ0v) is 14.2. The second-order valence-corrected chi connectivity index (χ2v) is 6.18. The summed E-state index contributed by atoms with van der Waals surface area (Å²) in [4.78, 5) is 0. The molecule has 0 aliphatic carbocycles. The maximum atomic E-state index is 5.13. The summed E-state index contributed by atoms with van der Waals surface area (Å²) in [7, 11) is 1.75. The van der Waals surface area contributed by atoms with E-state index in [0.717, 1.165) is 6.61 Å². The first-order valence-electron chi connectivity index (χ1n) is 8.93. The predicted octanol–water partition coefficient (Wildman–Crippen LogP) is 6.30. The van der Waals surface area contributed by atoms with Crippen LogP contribution in [0, 0.1) is 0 Å². The Morgan fingerprint density at radius 3 is 1.67 bits per heavy atom. The van der Waals surface area contributed by atoms with Gasteiger partial charge in [-0.3, -0.25) is 0 Å². The third kappa shape index (κ3) is 9.68. The van der Waals surface area contributed by atoms with Gasteiger partial charge in [-0.2, -0.15) is 0 Å². The lowest BCUT2D eigenvalue weighted by molar-refractivity contribution is 0.185. The lowest BCUT2D eigenvalue weighted by Crippen LogP contribution is -1.90. The fourth-order valence-corrected chi connectivity index (χ4v) is 2.79. The van der Waals surface area contributed by atoms with Crippen LogP contribution >= 0.6 is 0 Å². The van der Waals surface area contributed by atoms with Crippen molar-refractivity contribution in [2.45, 2.75) is 84.2 Å². The standard InChI is InChI=1S/C20H34O/c1-3-4-5-6-7-8-9-10-11-12-13-19-14-16-20(17-15-19)18-21-2/h14-17H,3-13,18H2,1-2H3. The van der Waals surface area contributed by atoms with Crippen LogP contribution < -0.4 is 0 Å². The van der Waals surface area contributed by atoms with Crippen molar-refractivity contribution in [1.82, 2.24) is 0 Å². The van der Waals surface area contributed by atoms with Crippen LogP contribution in [0.25, 0.3) is 0 Å². The lowest BCUT2D eigenvalue weighted by Gasteiger charge is -2.04. The number of aryl methyl sites for hydroxylation is 1. The van der Waals surface area contributed by atoms with Gasteiger partial charge in [0.1, 0.15) is 0 Å². The van der Waals surface area contributed by atoms with Gasteiger partial charge < -0.3 is 4.74 Å². The Labute approximate surface area is 132 Å². The van der Waals surface area contributed by atoms with Crippen LogP contribution in [-0.2, 0) is 17.8 Å². The first-order valence-corrected chi connectivity index (χ1v) is 8.93. The number of methoxy groups -OCH3 is 1. The van der Waals surface area contributed by atoms with Gasteiger partial charge in [0, 0.05) is 7.11 Å². The van der Waals surface area contributed by atoms with Gasteiger partial charge in [0.25, 0.3) is 0 Å². The van der Waals surface area contributed by atoms with Crippen LogP contribution in [0.15, 0.2) is 24.3 Å². The molecule has 0 amide bonds. The number of hydrogen-bond acceptors (Lipinski definition) is 1. The molecule has 1 aromatic rings. The van der Waals surface area contributed by atoms with Crippen LogP contribution in [-0.4, -0.2) is 7.11 Å².